The van der Waals surface area contributed by atoms with Crippen molar-refractivity contribution in [2.24, 2.45) is 0 Å². The molecule has 3 atom stereocenters. The highest BCUT2D eigenvalue weighted by molar-refractivity contribution is 5.58. The molecule has 0 bridgehead atoms. The van der Waals surface area contributed by atoms with Crippen LogP contribution in [0.3, 0.4) is 0 Å². The van der Waals surface area contributed by atoms with Gasteiger partial charge < -0.3 is 19.7 Å². The number of ether oxygens (including phenoxy) is 2. The Balaban J connectivity index is 1.31. The van der Waals surface area contributed by atoms with E-state index < -0.39 is 0 Å². The summed E-state index contributed by atoms with van der Waals surface area (Å²) in [5.74, 6) is 0.936. The van der Waals surface area contributed by atoms with E-state index in [0.29, 0.717) is 18.2 Å². The van der Waals surface area contributed by atoms with Crippen molar-refractivity contribution in [3.8, 4) is 5.75 Å². The number of rotatable bonds is 4. The lowest BCUT2D eigenvalue weighted by Gasteiger charge is -2.38. The average molecular weight is 409 g/mol. The van der Waals surface area contributed by atoms with Crippen LogP contribution in [0.25, 0.3) is 0 Å². The van der Waals surface area contributed by atoms with E-state index in [0.717, 1.165) is 63.7 Å². The van der Waals surface area contributed by atoms with Gasteiger partial charge in [-0.25, -0.2) is 0 Å². The second kappa shape index (κ2) is 8.53. The maximum Gasteiger partial charge on any atom is 0.142 e. The Bertz CT molecular complexity index is 889. The summed E-state index contributed by atoms with van der Waals surface area (Å²) in [6, 6.07) is 11.5. The molecule has 0 radical (unpaired) electrons. The molecule has 1 saturated heterocycles. The highest BCUT2D eigenvalue weighted by Crippen LogP contribution is 2.34. The van der Waals surface area contributed by atoms with Crippen LogP contribution in [0.2, 0.25) is 0 Å². The van der Waals surface area contributed by atoms with Crippen LogP contribution in [0.5, 0.6) is 5.75 Å². The van der Waals surface area contributed by atoms with E-state index in [1.165, 1.54) is 16.8 Å². The van der Waals surface area contributed by atoms with Gasteiger partial charge in [0, 0.05) is 50.5 Å². The number of morpholine rings is 1. The zero-order chi connectivity index (χ0) is 20.5. The van der Waals surface area contributed by atoms with Crippen molar-refractivity contribution in [1.29, 1.82) is 0 Å². The van der Waals surface area contributed by atoms with Crippen molar-refractivity contribution in [2.45, 2.75) is 44.5 Å². The Morgan fingerprint density at radius 3 is 3.07 bits per heavy atom. The molecule has 6 heteroatoms. The molecule has 6 nitrogen and oxygen atoms in total. The van der Waals surface area contributed by atoms with E-state index in [-0.39, 0.29) is 0 Å². The first kappa shape index (κ1) is 19.8. The molecule has 1 fully saturated rings. The maximum absolute atomic E-state index is 5.81. The van der Waals surface area contributed by atoms with Crippen molar-refractivity contribution < 1.29 is 9.47 Å². The van der Waals surface area contributed by atoms with Gasteiger partial charge in [0.05, 0.1) is 31.1 Å². The topological polar surface area (TPSA) is 49.9 Å². The Morgan fingerprint density at radius 2 is 2.17 bits per heavy atom. The molecule has 1 unspecified atom stereocenters. The second-order valence-corrected chi connectivity index (χ2v) is 8.80. The molecule has 1 aromatic heterocycles. The molecule has 3 aliphatic rings. The number of benzene rings is 1. The van der Waals surface area contributed by atoms with Crippen molar-refractivity contribution >= 4 is 5.69 Å². The summed E-state index contributed by atoms with van der Waals surface area (Å²) in [7, 11) is 2.22. The van der Waals surface area contributed by atoms with Crippen LogP contribution >= 0.6 is 0 Å². The molecule has 1 aromatic carbocycles. The second-order valence-electron chi connectivity index (χ2n) is 8.80. The van der Waals surface area contributed by atoms with Gasteiger partial charge in [-0.15, -0.1) is 0 Å². The summed E-state index contributed by atoms with van der Waals surface area (Å²) >= 11 is 0. The van der Waals surface area contributed by atoms with Gasteiger partial charge >= 0.3 is 0 Å². The van der Waals surface area contributed by atoms with E-state index >= 15 is 0 Å². The minimum Gasteiger partial charge on any atom is -0.492 e. The van der Waals surface area contributed by atoms with Gasteiger partial charge in [-0.1, -0.05) is 12.1 Å². The number of likely N-dealkylation sites (N-methyl/N-ethyl adjacent to an activating group) is 1. The summed E-state index contributed by atoms with van der Waals surface area (Å²) in [6.07, 6.45) is 4.21. The lowest BCUT2D eigenvalue weighted by Crippen LogP contribution is -2.46. The maximum atomic E-state index is 5.81. The van der Waals surface area contributed by atoms with Crippen LogP contribution in [0.15, 0.2) is 36.5 Å². The van der Waals surface area contributed by atoms with Crippen LogP contribution < -0.4 is 15.0 Å². The van der Waals surface area contributed by atoms with Gasteiger partial charge in [-0.2, -0.15) is 0 Å². The molecule has 3 aliphatic heterocycles. The monoisotopic (exact) mass is 408 g/mol. The van der Waals surface area contributed by atoms with E-state index in [2.05, 4.69) is 52.3 Å². The molecule has 4 heterocycles. The molecule has 0 amide bonds. The lowest BCUT2D eigenvalue weighted by atomic mass is 9.92. The third kappa shape index (κ3) is 3.92. The summed E-state index contributed by atoms with van der Waals surface area (Å²) < 4.78 is 11.6. The van der Waals surface area contributed by atoms with Crippen LogP contribution in [0.1, 0.15) is 36.2 Å². The number of anilines is 1. The third-order valence-electron chi connectivity index (χ3n) is 6.67. The molecule has 1 N–H and O–H groups in total. The van der Waals surface area contributed by atoms with Gasteiger partial charge in [-0.3, -0.25) is 9.88 Å². The van der Waals surface area contributed by atoms with E-state index in [1.807, 2.05) is 18.3 Å². The Morgan fingerprint density at radius 1 is 1.23 bits per heavy atom. The predicted molar refractivity (Wildman–Crippen MR) is 118 cm³/mol. The minimum atomic E-state index is 0.291. The Labute approximate surface area is 179 Å². The van der Waals surface area contributed by atoms with E-state index in [9.17, 15) is 0 Å². The third-order valence-corrected chi connectivity index (χ3v) is 6.67. The number of fused-ring (bicyclic) bond motifs is 2. The minimum absolute atomic E-state index is 0.291. The normalized spacial score (nSPS) is 26.1. The number of aromatic nitrogens is 1. The zero-order valence-corrected chi connectivity index (χ0v) is 18.0. The predicted octanol–water partition coefficient (Wildman–Crippen LogP) is 2.78. The molecule has 2 aromatic rings. The van der Waals surface area contributed by atoms with Crippen molar-refractivity contribution in [3.05, 3.63) is 53.3 Å². The van der Waals surface area contributed by atoms with Crippen molar-refractivity contribution in [3.63, 3.8) is 0 Å². The van der Waals surface area contributed by atoms with Gasteiger partial charge in [0.25, 0.3) is 0 Å². The highest BCUT2D eigenvalue weighted by Gasteiger charge is 2.30. The Kier molecular flexibility index (Phi) is 5.63. The van der Waals surface area contributed by atoms with Crippen LogP contribution in [-0.2, 0) is 17.7 Å². The SMILES string of the molecule is C[C@H]1CN(c2cccc3c2C[C@H](CN(C)C2CCOc4cccnc42)NC3)CCO1. The standard InChI is InChI=1S/C24H32N4O2/c1-17-15-28(10-12-29-17)21-6-3-5-18-14-26-19(13-20(18)21)16-27(2)22-8-11-30-23-7-4-9-25-24(22)23/h3-7,9,17,19,22,26H,8,10-16H2,1-2H3/t17-,19+,22?/m0/s1. The fourth-order valence-corrected chi connectivity index (χ4v) is 5.15. The molecule has 0 saturated carbocycles. The molecule has 5 rings (SSSR count). The largest absolute Gasteiger partial charge is 0.492 e. The molecule has 0 spiro atoms. The fourth-order valence-electron chi connectivity index (χ4n) is 5.15. The molecular formula is C24H32N4O2. The van der Waals surface area contributed by atoms with E-state index in [1.54, 1.807) is 0 Å². The average Bonchev–Trinajstić information content (AvgIpc) is 2.78. The Hall–Kier alpha value is -2.15. The highest BCUT2D eigenvalue weighted by atomic mass is 16.5. The van der Waals surface area contributed by atoms with E-state index in [4.69, 9.17) is 9.47 Å². The smallest absolute Gasteiger partial charge is 0.142 e. The summed E-state index contributed by atoms with van der Waals surface area (Å²) in [4.78, 5) is 9.59. The van der Waals surface area contributed by atoms with Gasteiger partial charge in [0.2, 0.25) is 0 Å². The lowest BCUT2D eigenvalue weighted by molar-refractivity contribution is 0.0531. The quantitative estimate of drug-likeness (QED) is 0.840. The van der Waals surface area contributed by atoms with Crippen LogP contribution in [0, 0.1) is 0 Å². The first-order chi connectivity index (χ1) is 14.7. The van der Waals surface area contributed by atoms with Crippen molar-refractivity contribution in [1.82, 2.24) is 15.2 Å². The first-order valence-corrected chi connectivity index (χ1v) is 11.2. The molecule has 30 heavy (non-hydrogen) atoms. The number of hydrogen-bond donors (Lipinski definition) is 1. The van der Waals surface area contributed by atoms with Gasteiger partial charge in [0.1, 0.15) is 5.75 Å². The van der Waals surface area contributed by atoms with Gasteiger partial charge in [-0.05, 0) is 49.7 Å². The summed E-state index contributed by atoms with van der Waals surface area (Å²) in [5.41, 5.74) is 5.42. The van der Waals surface area contributed by atoms with Crippen LogP contribution in [0.4, 0.5) is 5.69 Å². The molecule has 0 aliphatic carbocycles. The van der Waals surface area contributed by atoms with Crippen LogP contribution in [-0.4, -0.2) is 61.9 Å². The fraction of sp³-hybridized carbons (Fsp3) is 0.542. The summed E-state index contributed by atoms with van der Waals surface area (Å²) in [6.45, 7) is 7.61. The van der Waals surface area contributed by atoms with Gasteiger partial charge in [0.15, 0.2) is 0 Å². The van der Waals surface area contributed by atoms with Crippen molar-refractivity contribution in [2.75, 3.05) is 44.8 Å². The number of pyridine rings is 1. The molecule has 160 valence electrons. The summed E-state index contributed by atoms with van der Waals surface area (Å²) in [5, 5.41) is 3.77. The number of nitrogens with zero attached hydrogens (tertiary/aromatic N) is 3. The number of hydrogen-bond acceptors (Lipinski definition) is 6. The first-order valence-electron chi connectivity index (χ1n) is 11.2. The zero-order valence-electron chi connectivity index (χ0n) is 18.0. The molecular weight excluding hydrogens is 376 g/mol. The number of nitrogens with one attached hydrogen (secondary N) is 1.